The molecule has 1 saturated heterocycles. The predicted molar refractivity (Wildman–Crippen MR) is 105 cm³/mol. The molecule has 0 unspecified atom stereocenters. The lowest BCUT2D eigenvalue weighted by molar-refractivity contribution is -0.122. The highest BCUT2D eigenvalue weighted by atomic mass is 16.5. The third-order valence-corrected chi connectivity index (χ3v) is 4.98. The number of amides is 2. The van der Waals surface area contributed by atoms with Crippen LogP contribution in [0.25, 0.3) is 0 Å². The molecule has 2 amide bonds. The second-order valence-corrected chi connectivity index (χ2v) is 6.72. The fourth-order valence-corrected chi connectivity index (χ4v) is 3.27. The number of nitrogens with one attached hydrogen (secondary N) is 1. The summed E-state index contributed by atoms with van der Waals surface area (Å²) < 4.78 is 10.5. The van der Waals surface area contributed by atoms with E-state index in [-0.39, 0.29) is 18.2 Å². The van der Waals surface area contributed by atoms with E-state index in [2.05, 4.69) is 5.32 Å². The van der Waals surface area contributed by atoms with Gasteiger partial charge in [0, 0.05) is 42.5 Å². The molecule has 27 heavy (non-hydrogen) atoms. The lowest BCUT2D eigenvalue weighted by atomic mass is 10.1. The molecule has 6 nitrogen and oxygen atoms in total. The minimum absolute atomic E-state index is 0.0351. The zero-order chi connectivity index (χ0) is 19.6. The number of carbonyl (C=O) groups is 2. The number of benzene rings is 2. The van der Waals surface area contributed by atoms with Gasteiger partial charge in [-0.3, -0.25) is 9.59 Å². The summed E-state index contributed by atoms with van der Waals surface area (Å²) in [5.41, 5.74) is 3.63. The Morgan fingerprint density at radius 3 is 2.41 bits per heavy atom. The Kier molecular flexibility index (Phi) is 5.35. The van der Waals surface area contributed by atoms with Crippen molar-refractivity contribution in [2.45, 2.75) is 20.3 Å². The first-order chi connectivity index (χ1) is 12.9. The molecule has 0 aliphatic carbocycles. The van der Waals surface area contributed by atoms with Crippen LogP contribution in [0.15, 0.2) is 36.4 Å². The van der Waals surface area contributed by atoms with Crippen molar-refractivity contribution in [3.05, 3.63) is 47.5 Å². The molecule has 0 aromatic heterocycles. The number of methoxy groups -OCH3 is 2. The molecule has 2 aromatic carbocycles. The highest BCUT2D eigenvalue weighted by Gasteiger charge is 2.35. The Labute approximate surface area is 159 Å². The molecule has 1 fully saturated rings. The van der Waals surface area contributed by atoms with E-state index in [1.165, 1.54) is 0 Å². The summed E-state index contributed by atoms with van der Waals surface area (Å²) in [6, 6.07) is 11.0. The quantitative estimate of drug-likeness (QED) is 0.879. The Morgan fingerprint density at radius 1 is 1.11 bits per heavy atom. The number of hydrogen-bond donors (Lipinski definition) is 1. The van der Waals surface area contributed by atoms with Gasteiger partial charge in [0.25, 0.3) is 0 Å². The minimum atomic E-state index is -0.408. The van der Waals surface area contributed by atoms with Crippen LogP contribution in [0.1, 0.15) is 17.5 Å². The number of nitrogens with zero attached hydrogens (tertiary/aromatic N) is 1. The van der Waals surface area contributed by atoms with Crippen molar-refractivity contribution in [1.29, 1.82) is 0 Å². The smallest absolute Gasteiger partial charge is 0.229 e. The van der Waals surface area contributed by atoms with Crippen LogP contribution < -0.4 is 19.7 Å². The molecule has 0 bridgehead atoms. The number of hydrogen-bond acceptors (Lipinski definition) is 4. The first-order valence-electron chi connectivity index (χ1n) is 8.83. The van der Waals surface area contributed by atoms with Crippen LogP contribution in [-0.2, 0) is 9.59 Å². The molecule has 2 aromatic rings. The van der Waals surface area contributed by atoms with E-state index in [0.717, 1.165) is 16.8 Å². The fraction of sp³-hybridized carbons (Fsp3) is 0.333. The van der Waals surface area contributed by atoms with Crippen molar-refractivity contribution in [3.63, 3.8) is 0 Å². The van der Waals surface area contributed by atoms with Crippen LogP contribution >= 0.6 is 0 Å². The largest absolute Gasteiger partial charge is 0.497 e. The van der Waals surface area contributed by atoms with Gasteiger partial charge < -0.3 is 19.7 Å². The molecule has 142 valence electrons. The second-order valence-electron chi connectivity index (χ2n) is 6.72. The van der Waals surface area contributed by atoms with Crippen LogP contribution in [0.5, 0.6) is 11.5 Å². The van der Waals surface area contributed by atoms with E-state index in [0.29, 0.717) is 23.7 Å². The maximum absolute atomic E-state index is 12.7. The van der Waals surface area contributed by atoms with Gasteiger partial charge in [0.1, 0.15) is 11.5 Å². The molecule has 1 atom stereocenters. The van der Waals surface area contributed by atoms with Gasteiger partial charge in [-0.1, -0.05) is 12.1 Å². The van der Waals surface area contributed by atoms with E-state index in [9.17, 15) is 9.59 Å². The molecule has 1 aliphatic heterocycles. The molecular formula is C21H24N2O4. The highest BCUT2D eigenvalue weighted by molar-refractivity contribution is 6.04. The van der Waals surface area contributed by atoms with E-state index in [4.69, 9.17) is 9.47 Å². The molecule has 6 heteroatoms. The molecule has 0 saturated carbocycles. The summed E-state index contributed by atoms with van der Waals surface area (Å²) in [5.74, 6) is 0.543. The van der Waals surface area contributed by atoms with Crippen molar-refractivity contribution >= 4 is 23.2 Å². The summed E-state index contributed by atoms with van der Waals surface area (Å²) in [4.78, 5) is 26.9. The third kappa shape index (κ3) is 3.89. The highest BCUT2D eigenvalue weighted by Crippen LogP contribution is 2.31. The van der Waals surface area contributed by atoms with Gasteiger partial charge in [0.15, 0.2) is 0 Å². The second kappa shape index (κ2) is 7.70. The lowest BCUT2D eigenvalue weighted by Crippen LogP contribution is -2.28. The Bertz CT molecular complexity index is 856. The molecule has 1 aliphatic rings. The van der Waals surface area contributed by atoms with Gasteiger partial charge in [-0.25, -0.2) is 0 Å². The molecule has 1 heterocycles. The van der Waals surface area contributed by atoms with E-state index < -0.39 is 5.92 Å². The van der Waals surface area contributed by atoms with Crippen LogP contribution in [0.3, 0.4) is 0 Å². The summed E-state index contributed by atoms with van der Waals surface area (Å²) in [6.07, 6.45) is 0.195. The summed E-state index contributed by atoms with van der Waals surface area (Å²) in [7, 11) is 3.11. The average Bonchev–Trinajstić information content (AvgIpc) is 3.05. The Morgan fingerprint density at radius 2 is 1.78 bits per heavy atom. The first kappa shape index (κ1) is 18.8. The number of anilines is 2. The number of aryl methyl sites for hydroxylation is 1. The van der Waals surface area contributed by atoms with Gasteiger partial charge in [-0.2, -0.15) is 0 Å². The topological polar surface area (TPSA) is 67.9 Å². The number of rotatable bonds is 5. The van der Waals surface area contributed by atoms with Crippen molar-refractivity contribution in [1.82, 2.24) is 0 Å². The SMILES string of the molecule is COc1cc(NC(=O)[C@@H]2CC(=O)N(c3cccc(C)c3C)C2)cc(OC)c1. The van der Waals surface area contributed by atoms with Gasteiger partial charge in [-0.05, 0) is 31.0 Å². The van der Waals surface area contributed by atoms with E-state index in [1.807, 2.05) is 32.0 Å². The maximum Gasteiger partial charge on any atom is 0.229 e. The molecule has 3 rings (SSSR count). The average molecular weight is 368 g/mol. The van der Waals surface area contributed by atoms with Crippen molar-refractivity contribution < 1.29 is 19.1 Å². The maximum atomic E-state index is 12.7. The third-order valence-electron chi connectivity index (χ3n) is 4.98. The van der Waals surface area contributed by atoms with Gasteiger partial charge in [0.2, 0.25) is 11.8 Å². The monoisotopic (exact) mass is 368 g/mol. The summed E-state index contributed by atoms with van der Waals surface area (Å²) in [6.45, 7) is 4.38. The van der Waals surface area contributed by atoms with E-state index >= 15 is 0 Å². The molecular weight excluding hydrogens is 344 g/mol. The van der Waals surface area contributed by atoms with Crippen LogP contribution in [-0.4, -0.2) is 32.6 Å². The van der Waals surface area contributed by atoms with Crippen LogP contribution in [0, 0.1) is 19.8 Å². The molecule has 0 radical (unpaired) electrons. The lowest BCUT2D eigenvalue weighted by Gasteiger charge is -2.20. The summed E-state index contributed by atoms with van der Waals surface area (Å²) >= 11 is 0. The number of ether oxygens (including phenoxy) is 2. The van der Waals surface area contributed by atoms with E-state index in [1.54, 1.807) is 37.3 Å². The van der Waals surface area contributed by atoms with Crippen molar-refractivity contribution in [2.24, 2.45) is 5.92 Å². The molecule has 1 N–H and O–H groups in total. The minimum Gasteiger partial charge on any atom is -0.497 e. The predicted octanol–water partition coefficient (Wildman–Crippen LogP) is 3.31. The Balaban J connectivity index is 1.75. The van der Waals surface area contributed by atoms with Crippen molar-refractivity contribution in [3.8, 4) is 11.5 Å². The normalized spacial score (nSPS) is 16.4. The fourth-order valence-electron chi connectivity index (χ4n) is 3.27. The zero-order valence-corrected chi connectivity index (χ0v) is 16.0. The first-order valence-corrected chi connectivity index (χ1v) is 8.83. The van der Waals surface area contributed by atoms with Gasteiger partial charge in [-0.15, -0.1) is 0 Å². The summed E-state index contributed by atoms with van der Waals surface area (Å²) in [5, 5.41) is 2.87. The Hall–Kier alpha value is -3.02. The van der Waals surface area contributed by atoms with Crippen LogP contribution in [0.4, 0.5) is 11.4 Å². The van der Waals surface area contributed by atoms with Crippen LogP contribution in [0.2, 0.25) is 0 Å². The van der Waals surface area contributed by atoms with Crippen molar-refractivity contribution in [2.75, 3.05) is 31.0 Å². The standard InChI is InChI=1S/C21H24N2O4/c1-13-6-5-7-19(14(13)2)23-12-15(8-20(23)24)21(25)22-16-9-17(26-3)11-18(10-16)27-4/h5-7,9-11,15H,8,12H2,1-4H3,(H,22,25)/t15-/m1/s1. The molecule has 0 spiro atoms. The van der Waals surface area contributed by atoms with Gasteiger partial charge in [0.05, 0.1) is 20.1 Å². The van der Waals surface area contributed by atoms with Gasteiger partial charge >= 0.3 is 0 Å². The number of carbonyl (C=O) groups excluding carboxylic acids is 2. The zero-order valence-electron chi connectivity index (χ0n) is 16.0.